The molecule has 0 unspecified atom stereocenters. The predicted molar refractivity (Wildman–Crippen MR) is 67.4 cm³/mol. The van der Waals surface area contributed by atoms with Gasteiger partial charge in [0.05, 0.1) is 18.9 Å². The first-order valence-corrected chi connectivity index (χ1v) is 5.79. The van der Waals surface area contributed by atoms with Crippen molar-refractivity contribution >= 4 is 0 Å². The van der Waals surface area contributed by atoms with Gasteiger partial charge < -0.3 is 14.2 Å². The van der Waals surface area contributed by atoms with Crippen LogP contribution in [0.5, 0.6) is 5.75 Å². The lowest BCUT2D eigenvalue weighted by Gasteiger charge is -1.97. The van der Waals surface area contributed by atoms with Gasteiger partial charge in [0.25, 0.3) is 0 Å². The van der Waals surface area contributed by atoms with E-state index < -0.39 is 0 Å². The Morgan fingerprint density at radius 3 is 3.00 bits per heavy atom. The Kier molecular flexibility index (Phi) is 2.75. The van der Waals surface area contributed by atoms with Crippen LogP contribution in [0, 0.1) is 0 Å². The SMILES string of the molecule is Cn1cncc1-c1noc(Cc2cccc(O)c2)n1. The molecule has 0 saturated heterocycles. The van der Waals surface area contributed by atoms with E-state index in [1.165, 1.54) is 0 Å². The van der Waals surface area contributed by atoms with Crippen molar-refractivity contribution in [2.75, 3.05) is 0 Å². The standard InChI is InChI=1S/C13H12N4O2/c1-17-8-14-7-11(17)13-15-12(19-16-13)6-9-3-2-4-10(18)5-9/h2-5,7-8,18H,6H2,1H3. The monoisotopic (exact) mass is 256 g/mol. The third kappa shape index (κ3) is 2.33. The van der Waals surface area contributed by atoms with Crippen LogP contribution in [0.2, 0.25) is 0 Å². The lowest BCUT2D eigenvalue weighted by Crippen LogP contribution is -1.92. The van der Waals surface area contributed by atoms with Gasteiger partial charge >= 0.3 is 0 Å². The third-order valence-corrected chi connectivity index (χ3v) is 2.78. The minimum atomic E-state index is 0.226. The normalized spacial score (nSPS) is 10.8. The molecule has 0 atom stereocenters. The molecule has 0 aliphatic rings. The van der Waals surface area contributed by atoms with Crippen molar-refractivity contribution < 1.29 is 9.63 Å². The minimum absolute atomic E-state index is 0.226. The number of aromatic nitrogens is 4. The second kappa shape index (κ2) is 4.56. The number of rotatable bonds is 3. The number of nitrogens with zero attached hydrogens (tertiary/aromatic N) is 4. The lowest BCUT2D eigenvalue weighted by atomic mass is 10.1. The highest BCUT2D eigenvalue weighted by Gasteiger charge is 2.12. The summed E-state index contributed by atoms with van der Waals surface area (Å²) in [5.74, 6) is 1.24. The smallest absolute Gasteiger partial charge is 0.231 e. The van der Waals surface area contributed by atoms with Crippen molar-refractivity contribution in [3.8, 4) is 17.3 Å². The molecule has 19 heavy (non-hydrogen) atoms. The molecule has 0 aliphatic heterocycles. The van der Waals surface area contributed by atoms with Crippen LogP contribution in [0.3, 0.4) is 0 Å². The number of phenolic OH excluding ortho intramolecular Hbond substituents is 1. The molecule has 3 rings (SSSR count). The molecule has 1 N–H and O–H groups in total. The molecule has 6 nitrogen and oxygen atoms in total. The molecule has 0 saturated carbocycles. The zero-order valence-electron chi connectivity index (χ0n) is 10.3. The lowest BCUT2D eigenvalue weighted by molar-refractivity contribution is 0.385. The maximum atomic E-state index is 9.40. The van der Waals surface area contributed by atoms with Crippen molar-refractivity contribution in [2.45, 2.75) is 6.42 Å². The summed E-state index contributed by atoms with van der Waals surface area (Å²) in [6.07, 6.45) is 3.85. The van der Waals surface area contributed by atoms with Gasteiger partial charge in [0.2, 0.25) is 11.7 Å². The van der Waals surface area contributed by atoms with E-state index in [1.54, 1.807) is 30.7 Å². The summed E-state index contributed by atoms with van der Waals surface area (Å²) in [6, 6.07) is 6.98. The molecule has 3 aromatic rings. The van der Waals surface area contributed by atoms with Gasteiger partial charge in [0, 0.05) is 7.05 Å². The van der Waals surface area contributed by atoms with Gasteiger partial charge in [-0.25, -0.2) is 4.98 Å². The molecular formula is C13H12N4O2. The molecule has 1 aromatic carbocycles. The Hall–Kier alpha value is -2.63. The van der Waals surface area contributed by atoms with E-state index >= 15 is 0 Å². The number of imidazole rings is 1. The molecule has 0 amide bonds. The number of benzene rings is 1. The molecular weight excluding hydrogens is 244 g/mol. The van der Waals surface area contributed by atoms with E-state index in [0.717, 1.165) is 11.3 Å². The van der Waals surface area contributed by atoms with Crippen molar-refractivity contribution in [3.05, 3.63) is 48.2 Å². The van der Waals surface area contributed by atoms with Gasteiger partial charge in [-0.1, -0.05) is 17.3 Å². The Balaban J connectivity index is 1.84. The second-order valence-electron chi connectivity index (χ2n) is 4.25. The molecule has 0 spiro atoms. The maximum Gasteiger partial charge on any atom is 0.231 e. The van der Waals surface area contributed by atoms with Crippen molar-refractivity contribution in [3.63, 3.8) is 0 Å². The van der Waals surface area contributed by atoms with Crippen LogP contribution < -0.4 is 0 Å². The Bertz CT molecular complexity index is 702. The summed E-state index contributed by atoms with van der Waals surface area (Å²) >= 11 is 0. The van der Waals surface area contributed by atoms with Crippen LogP contribution >= 0.6 is 0 Å². The Labute approximate surface area is 109 Å². The van der Waals surface area contributed by atoms with E-state index in [-0.39, 0.29) is 5.75 Å². The van der Waals surface area contributed by atoms with Crippen LogP contribution in [-0.2, 0) is 13.5 Å². The average molecular weight is 256 g/mol. The van der Waals surface area contributed by atoms with Crippen LogP contribution in [-0.4, -0.2) is 24.8 Å². The molecule has 0 bridgehead atoms. The van der Waals surface area contributed by atoms with Gasteiger partial charge in [-0.2, -0.15) is 4.98 Å². The molecule has 96 valence electrons. The highest BCUT2D eigenvalue weighted by Crippen LogP contribution is 2.17. The number of phenols is 1. The Morgan fingerprint density at radius 2 is 2.26 bits per heavy atom. The van der Waals surface area contributed by atoms with E-state index in [0.29, 0.717) is 18.1 Å². The first-order valence-electron chi connectivity index (χ1n) is 5.79. The van der Waals surface area contributed by atoms with Gasteiger partial charge in [-0.15, -0.1) is 0 Å². The zero-order valence-corrected chi connectivity index (χ0v) is 10.3. The molecule has 0 aliphatic carbocycles. The zero-order chi connectivity index (χ0) is 13.2. The molecule has 2 heterocycles. The number of hydrogen-bond donors (Lipinski definition) is 1. The van der Waals surface area contributed by atoms with E-state index in [4.69, 9.17) is 4.52 Å². The van der Waals surface area contributed by atoms with E-state index in [1.807, 2.05) is 17.7 Å². The Morgan fingerprint density at radius 1 is 1.37 bits per heavy atom. The summed E-state index contributed by atoms with van der Waals surface area (Å²) < 4.78 is 7.03. The molecule has 2 aromatic heterocycles. The van der Waals surface area contributed by atoms with E-state index in [9.17, 15) is 5.11 Å². The summed E-state index contributed by atoms with van der Waals surface area (Å²) in [6.45, 7) is 0. The topological polar surface area (TPSA) is 77.0 Å². The molecule has 0 radical (unpaired) electrons. The second-order valence-corrected chi connectivity index (χ2v) is 4.25. The highest BCUT2D eigenvalue weighted by molar-refractivity contribution is 5.47. The molecule has 6 heteroatoms. The van der Waals surface area contributed by atoms with Crippen molar-refractivity contribution in [1.29, 1.82) is 0 Å². The van der Waals surface area contributed by atoms with Crippen LogP contribution in [0.1, 0.15) is 11.5 Å². The van der Waals surface area contributed by atoms with Gasteiger partial charge in [0.15, 0.2) is 0 Å². The van der Waals surface area contributed by atoms with Crippen molar-refractivity contribution in [2.24, 2.45) is 7.05 Å². The summed E-state index contributed by atoms with van der Waals surface area (Å²) in [4.78, 5) is 8.33. The molecule has 0 fully saturated rings. The number of aryl methyl sites for hydroxylation is 1. The first-order chi connectivity index (χ1) is 9.22. The van der Waals surface area contributed by atoms with Crippen LogP contribution in [0.25, 0.3) is 11.5 Å². The van der Waals surface area contributed by atoms with Crippen molar-refractivity contribution in [1.82, 2.24) is 19.7 Å². The van der Waals surface area contributed by atoms with Gasteiger partial charge in [0.1, 0.15) is 11.4 Å². The maximum absolute atomic E-state index is 9.40. The predicted octanol–water partition coefficient (Wildman–Crippen LogP) is 1.77. The first kappa shape index (κ1) is 11.5. The summed E-state index contributed by atoms with van der Waals surface area (Å²) in [5, 5.41) is 13.3. The fourth-order valence-corrected chi connectivity index (χ4v) is 1.84. The average Bonchev–Trinajstić information content (AvgIpc) is 2.98. The summed E-state index contributed by atoms with van der Waals surface area (Å²) in [7, 11) is 1.87. The van der Waals surface area contributed by atoms with Gasteiger partial charge in [-0.3, -0.25) is 0 Å². The van der Waals surface area contributed by atoms with E-state index in [2.05, 4.69) is 15.1 Å². The third-order valence-electron chi connectivity index (χ3n) is 2.78. The van der Waals surface area contributed by atoms with Crippen LogP contribution in [0.15, 0.2) is 41.3 Å². The fraction of sp³-hybridized carbons (Fsp3) is 0.154. The quantitative estimate of drug-likeness (QED) is 0.772. The number of hydrogen-bond acceptors (Lipinski definition) is 5. The van der Waals surface area contributed by atoms with Gasteiger partial charge in [-0.05, 0) is 17.7 Å². The number of aromatic hydroxyl groups is 1. The fourth-order valence-electron chi connectivity index (χ4n) is 1.84. The minimum Gasteiger partial charge on any atom is -0.508 e. The summed E-state index contributed by atoms with van der Waals surface area (Å²) in [5.41, 5.74) is 1.71. The largest absolute Gasteiger partial charge is 0.508 e. The van der Waals surface area contributed by atoms with Crippen LogP contribution in [0.4, 0.5) is 0 Å². The highest BCUT2D eigenvalue weighted by atomic mass is 16.5.